The molecule has 1 amide bonds. The Morgan fingerprint density at radius 2 is 1.69 bits per heavy atom. The van der Waals surface area contributed by atoms with Crippen molar-refractivity contribution in [2.45, 2.75) is 13.8 Å². The van der Waals surface area contributed by atoms with Gasteiger partial charge in [-0.3, -0.25) is 4.79 Å². The van der Waals surface area contributed by atoms with Gasteiger partial charge in [0, 0.05) is 17.4 Å². The lowest BCUT2D eigenvalue weighted by atomic mass is 10.2. The highest BCUT2D eigenvalue weighted by Crippen LogP contribution is 2.30. The van der Waals surface area contributed by atoms with Crippen LogP contribution in [-0.2, 0) is 4.79 Å². The molecule has 0 spiro atoms. The number of nitrogens with one attached hydrogen (secondary N) is 2. The quantitative estimate of drug-likeness (QED) is 0.627. The van der Waals surface area contributed by atoms with Crippen LogP contribution >= 0.6 is 0 Å². The fourth-order valence-corrected chi connectivity index (χ4v) is 3.48. The van der Waals surface area contributed by atoms with E-state index in [1.165, 1.54) is 4.90 Å². The minimum atomic E-state index is -0.00954. The second kappa shape index (κ2) is 10.0. The van der Waals surface area contributed by atoms with Crippen LogP contribution in [0.15, 0.2) is 42.5 Å². The van der Waals surface area contributed by atoms with Gasteiger partial charge in [-0.1, -0.05) is 0 Å². The number of hydrogen-bond acceptors (Lipinski definition) is 5. The third kappa shape index (κ3) is 5.77. The average Bonchev–Trinajstić information content (AvgIpc) is 2.71. The third-order valence-electron chi connectivity index (χ3n) is 4.92. The van der Waals surface area contributed by atoms with Crippen LogP contribution in [0, 0.1) is 0 Å². The van der Waals surface area contributed by atoms with E-state index in [1.807, 2.05) is 44.2 Å². The van der Waals surface area contributed by atoms with E-state index in [2.05, 4.69) is 10.2 Å². The number of phenolic OH excluding ortho intramolecular Hbond substituents is 1. The van der Waals surface area contributed by atoms with Gasteiger partial charge < -0.3 is 29.7 Å². The first-order valence-corrected chi connectivity index (χ1v) is 10.2. The van der Waals surface area contributed by atoms with Crippen molar-refractivity contribution in [3.8, 4) is 17.2 Å². The Morgan fingerprint density at radius 3 is 2.34 bits per heavy atom. The minimum absolute atomic E-state index is 0.00954. The van der Waals surface area contributed by atoms with Crippen molar-refractivity contribution < 1.29 is 24.3 Å². The summed E-state index contributed by atoms with van der Waals surface area (Å²) in [5, 5.41) is 12.4. The number of carbonyl (C=O) groups excluding carboxylic acids is 1. The van der Waals surface area contributed by atoms with E-state index in [0.29, 0.717) is 36.9 Å². The lowest BCUT2D eigenvalue weighted by molar-refractivity contribution is -0.892. The molecule has 1 fully saturated rings. The molecule has 2 aromatic rings. The molecule has 0 atom stereocenters. The molecule has 7 nitrogen and oxygen atoms in total. The molecule has 29 heavy (non-hydrogen) atoms. The summed E-state index contributed by atoms with van der Waals surface area (Å²) in [6, 6.07) is 12.7. The molecule has 3 rings (SSSR count). The van der Waals surface area contributed by atoms with Gasteiger partial charge in [-0.15, -0.1) is 0 Å². The molecule has 0 aromatic heterocycles. The molecule has 0 bridgehead atoms. The molecule has 7 heteroatoms. The number of hydrogen-bond donors (Lipinski definition) is 3. The Morgan fingerprint density at radius 1 is 1.03 bits per heavy atom. The summed E-state index contributed by atoms with van der Waals surface area (Å²) in [7, 11) is 0. The Bertz CT molecular complexity index is 802. The first-order chi connectivity index (χ1) is 14.1. The van der Waals surface area contributed by atoms with Crippen LogP contribution in [0.1, 0.15) is 13.8 Å². The number of aromatic hydroxyl groups is 1. The van der Waals surface area contributed by atoms with Crippen LogP contribution in [-0.4, -0.2) is 57.0 Å². The number of rotatable bonds is 8. The number of amides is 1. The van der Waals surface area contributed by atoms with Crippen molar-refractivity contribution in [3.63, 3.8) is 0 Å². The molecule has 0 aliphatic carbocycles. The van der Waals surface area contributed by atoms with E-state index in [-0.39, 0.29) is 11.7 Å². The smallest absolute Gasteiger partial charge is 0.279 e. The number of piperazine rings is 1. The Labute approximate surface area is 171 Å². The molecule has 3 N–H and O–H groups in total. The van der Waals surface area contributed by atoms with Crippen molar-refractivity contribution >= 4 is 17.3 Å². The molecule has 0 saturated carbocycles. The predicted octanol–water partition coefficient (Wildman–Crippen LogP) is 1.53. The molecule has 0 radical (unpaired) electrons. The average molecular weight is 400 g/mol. The highest BCUT2D eigenvalue weighted by molar-refractivity contribution is 5.91. The summed E-state index contributed by atoms with van der Waals surface area (Å²) >= 11 is 0. The Kier molecular flexibility index (Phi) is 7.19. The molecular weight excluding hydrogens is 370 g/mol. The van der Waals surface area contributed by atoms with Crippen LogP contribution < -0.4 is 24.6 Å². The maximum atomic E-state index is 12.5. The van der Waals surface area contributed by atoms with Gasteiger partial charge in [0.2, 0.25) is 0 Å². The second-order valence-electron chi connectivity index (χ2n) is 7.01. The van der Waals surface area contributed by atoms with Crippen molar-refractivity contribution in [3.05, 3.63) is 42.5 Å². The molecule has 1 aliphatic rings. The van der Waals surface area contributed by atoms with Gasteiger partial charge >= 0.3 is 0 Å². The number of quaternary nitrogens is 1. The number of benzene rings is 2. The number of anilines is 2. The lowest BCUT2D eigenvalue weighted by Gasteiger charge is -2.33. The van der Waals surface area contributed by atoms with Crippen LogP contribution in [0.3, 0.4) is 0 Å². The van der Waals surface area contributed by atoms with Crippen molar-refractivity contribution in [1.29, 1.82) is 0 Å². The first kappa shape index (κ1) is 20.8. The van der Waals surface area contributed by atoms with Crippen LogP contribution in [0.4, 0.5) is 11.4 Å². The molecule has 0 unspecified atom stereocenters. The number of carbonyl (C=O) groups is 1. The number of phenols is 1. The predicted molar refractivity (Wildman–Crippen MR) is 113 cm³/mol. The van der Waals surface area contributed by atoms with Crippen LogP contribution in [0.25, 0.3) is 0 Å². The van der Waals surface area contributed by atoms with Gasteiger partial charge in [-0.25, -0.2) is 0 Å². The van der Waals surface area contributed by atoms with E-state index >= 15 is 0 Å². The van der Waals surface area contributed by atoms with E-state index < -0.39 is 0 Å². The van der Waals surface area contributed by atoms with Gasteiger partial charge in [0.1, 0.15) is 5.75 Å². The van der Waals surface area contributed by atoms with Crippen molar-refractivity contribution in [1.82, 2.24) is 0 Å². The largest absolute Gasteiger partial charge is 0.508 e. The summed E-state index contributed by atoms with van der Waals surface area (Å²) in [6.07, 6.45) is 0. The van der Waals surface area contributed by atoms with E-state index in [9.17, 15) is 9.90 Å². The zero-order valence-corrected chi connectivity index (χ0v) is 17.1. The summed E-state index contributed by atoms with van der Waals surface area (Å²) in [5.74, 6) is 1.59. The molecule has 1 aliphatic heterocycles. The van der Waals surface area contributed by atoms with Gasteiger partial charge in [-0.2, -0.15) is 0 Å². The normalized spacial score (nSPS) is 14.5. The fraction of sp³-hybridized carbons (Fsp3) is 0.409. The minimum Gasteiger partial charge on any atom is -0.508 e. The summed E-state index contributed by atoms with van der Waals surface area (Å²) in [5.41, 5.74) is 1.81. The number of ether oxygens (including phenoxy) is 2. The summed E-state index contributed by atoms with van der Waals surface area (Å²) < 4.78 is 11.2. The zero-order chi connectivity index (χ0) is 20.6. The van der Waals surface area contributed by atoms with Crippen molar-refractivity contribution in [2.24, 2.45) is 0 Å². The monoisotopic (exact) mass is 400 g/mol. The van der Waals surface area contributed by atoms with Gasteiger partial charge in [0.05, 0.1) is 39.4 Å². The molecular formula is C22H30N3O4+. The number of nitrogens with zero attached hydrogens (tertiary/aromatic N) is 1. The Hall–Kier alpha value is -2.93. The van der Waals surface area contributed by atoms with Gasteiger partial charge in [0.25, 0.3) is 5.91 Å². The van der Waals surface area contributed by atoms with Crippen molar-refractivity contribution in [2.75, 3.05) is 56.2 Å². The standard InChI is InChI=1S/C22H29N3O4/c1-3-28-20-10-5-17(15-21(20)29-4-2)23-22(27)16-24-11-13-25(14-12-24)18-6-8-19(26)9-7-18/h5-10,15,26H,3-4,11-14,16H2,1-2H3,(H,23,27)/p+1. The van der Waals surface area contributed by atoms with Gasteiger partial charge in [-0.05, 0) is 50.2 Å². The lowest BCUT2D eigenvalue weighted by Crippen LogP contribution is -3.15. The van der Waals surface area contributed by atoms with Crippen LogP contribution in [0.5, 0.6) is 17.2 Å². The second-order valence-corrected chi connectivity index (χ2v) is 7.01. The Balaban J connectivity index is 1.51. The maximum Gasteiger partial charge on any atom is 0.279 e. The van der Waals surface area contributed by atoms with E-state index in [4.69, 9.17) is 9.47 Å². The van der Waals surface area contributed by atoms with Gasteiger partial charge in [0.15, 0.2) is 18.0 Å². The third-order valence-corrected chi connectivity index (χ3v) is 4.92. The van der Waals surface area contributed by atoms with Crippen LogP contribution in [0.2, 0.25) is 0 Å². The molecule has 156 valence electrons. The molecule has 1 heterocycles. The zero-order valence-electron chi connectivity index (χ0n) is 17.1. The summed E-state index contributed by atoms with van der Waals surface area (Å²) in [4.78, 5) is 16.0. The molecule has 2 aromatic carbocycles. The highest BCUT2D eigenvalue weighted by atomic mass is 16.5. The summed E-state index contributed by atoms with van der Waals surface area (Å²) in [6.45, 7) is 8.91. The van der Waals surface area contributed by atoms with E-state index in [0.717, 1.165) is 31.9 Å². The van der Waals surface area contributed by atoms with E-state index in [1.54, 1.807) is 12.1 Å². The fourth-order valence-electron chi connectivity index (χ4n) is 3.48. The topological polar surface area (TPSA) is 75.5 Å². The molecule has 1 saturated heterocycles. The SMILES string of the molecule is CCOc1ccc(NC(=O)C[NH+]2CCN(c3ccc(O)cc3)CC2)cc1OCC. The maximum absolute atomic E-state index is 12.5. The highest BCUT2D eigenvalue weighted by Gasteiger charge is 2.22. The first-order valence-electron chi connectivity index (χ1n) is 10.2.